The van der Waals surface area contributed by atoms with Gasteiger partial charge in [-0.05, 0) is 19.1 Å². The van der Waals surface area contributed by atoms with Gasteiger partial charge in [-0.3, -0.25) is 0 Å². The lowest BCUT2D eigenvalue weighted by Crippen LogP contribution is -2.80. The largest absolute Gasteiger partial charge is 0.458 e. The number of hydrogen-bond donors (Lipinski definition) is 2. The lowest BCUT2D eigenvalue weighted by Gasteiger charge is -2.05. The van der Waals surface area contributed by atoms with Crippen molar-refractivity contribution in [2.75, 3.05) is 25.2 Å². The number of methoxy groups -OCH3 is 1. The van der Waals surface area contributed by atoms with Crippen molar-refractivity contribution in [3.8, 4) is 0 Å². The van der Waals surface area contributed by atoms with Gasteiger partial charge >= 0.3 is 11.5 Å². The summed E-state index contributed by atoms with van der Waals surface area (Å²) in [7, 11) is -1.46. The van der Waals surface area contributed by atoms with E-state index in [1.807, 2.05) is 23.6 Å². The van der Waals surface area contributed by atoms with E-state index in [-0.39, 0.29) is 29.0 Å². The molecule has 30 heavy (non-hydrogen) atoms. The molecule has 4 heterocycles. The molecular weight excluding hydrogens is 408 g/mol. The van der Waals surface area contributed by atoms with Gasteiger partial charge in [0.05, 0.1) is 18.5 Å². The molecule has 1 fully saturated rings. The van der Waals surface area contributed by atoms with Gasteiger partial charge in [-0.15, -0.1) is 0 Å². The normalized spacial score (nSPS) is 19.1. The summed E-state index contributed by atoms with van der Waals surface area (Å²) in [5.41, 5.74) is 2.46. The molecule has 0 aliphatic carbocycles. The van der Waals surface area contributed by atoms with E-state index in [1.54, 1.807) is 23.8 Å². The number of nitrogens with zero attached hydrogens (tertiary/aromatic N) is 2. The number of aromatic amines is 1. The molecule has 0 saturated carbocycles. The first kappa shape index (κ1) is 20.5. The van der Waals surface area contributed by atoms with Crippen molar-refractivity contribution in [1.29, 1.82) is 0 Å². The van der Waals surface area contributed by atoms with E-state index >= 15 is 0 Å². The number of sulfone groups is 1. The zero-order valence-electron chi connectivity index (χ0n) is 17.0. The minimum absolute atomic E-state index is 0.0151. The van der Waals surface area contributed by atoms with Crippen LogP contribution in [0, 0.1) is 6.92 Å². The van der Waals surface area contributed by atoms with Crippen molar-refractivity contribution < 1.29 is 28.2 Å². The zero-order chi connectivity index (χ0) is 21.5. The Balaban J connectivity index is 1.88. The quantitative estimate of drug-likeness (QED) is 0.293. The number of aliphatic hydroxyl groups excluding tert-OH is 1. The summed E-state index contributed by atoms with van der Waals surface area (Å²) in [4.78, 5) is 19.4. The third-order valence-electron chi connectivity index (χ3n) is 5.52. The fourth-order valence-corrected chi connectivity index (χ4v) is 5.68. The van der Waals surface area contributed by atoms with E-state index in [1.165, 1.54) is 0 Å². The van der Waals surface area contributed by atoms with Gasteiger partial charge in [0.1, 0.15) is 11.1 Å². The third kappa shape index (κ3) is 3.72. The molecule has 1 aliphatic rings. The molecule has 3 aromatic heterocycles. The van der Waals surface area contributed by atoms with E-state index in [2.05, 4.69) is 9.98 Å². The second-order valence-corrected chi connectivity index (χ2v) is 9.95. The molecule has 3 N–H and O–H groups in total. The summed E-state index contributed by atoms with van der Waals surface area (Å²) in [6.45, 7) is 2.96. The highest BCUT2D eigenvalue weighted by molar-refractivity contribution is 7.91. The van der Waals surface area contributed by atoms with Crippen LogP contribution in [0.25, 0.3) is 16.7 Å². The van der Waals surface area contributed by atoms with Gasteiger partial charge < -0.3 is 9.84 Å². The minimum atomic E-state index is -3.08. The number of aromatic nitrogens is 3. The van der Waals surface area contributed by atoms with Crippen LogP contribution in [0.3, 0.4) is 0 Å². The molecular formula is C20H26N4O5S+2. The summed E-state index contributed by atoms with van der Waals surface area (Å²) >= 11 is 0. The van der Waals surface area contributed by atoms with E-state index in [4.69, 9.17) is 4.74 Å². The number of hydrogen-bond acceptors (Lipinski definition) is 4. The average molecular weight is 435 g/mol. The summed E-state index contributed by atoms with van der Waals surface area (Å²) in [6, 6.07) is 5.02. The first-order valence-electron chi connectivity index (χ1n) is 9.89. The first-order valence-corrected chi connectivity index (χ1v) is 11.7. The molecule has 4 rings (SSSR count). The predicted molar refractivity (Wildman–Crippen MR) is 112 cm³/mol. The van der Waals surface area contributed by atoms with Gasteiger partial charge in [0.2, 0.25) is 17.0 Å². The fraction of sp³-hybridized carbons (Fsp3) is 0.450. The maximum atomic E-state index is 13.1. The van der Waals surface area contributed by atoms with Gasteiger partial charge in [0.25, 0.3) is 0 Å². The summed E-state index contributed by atoms with van der Waals surface area (Å²) in [5.74, 6) is -0.0442. The summed E-state index contributed by atoms with van der Waals surface area (Å²) in [5, 5.41) is 11.3. The standard InChI is InChI=1S/C20H24N4O5S/c1-13-5-3-7-24-17(13)22-18-15(20(24)26)11-16(23(18)8-4-9-29-2)19(25)21-14-6-10-30(27,28)12-14/h3,5,7,11,14H,4,6,8-10,12H2,1-2H3,(H,21,25)/p+2/t14-/m1/s1. The Morgan fingerprint density at radius 1 is 1.40 bits per heavy atom. The Hall–Kier alpha value is -2.72. The zero-order valence-corrected chi connectivity index (χ0v) is 17.8. The predicted octanol–water partition coefficient (Wildman–Crippen LogP) is -1.01. The second-order valence-electron chi connectivity index (χ2n) is 7.72. The van der Waals surface area contributed by atoms with Crippen LogP contribution in [0.5, 0.6) is 0 Å². The fourth-order valence-electron chi connectivity index (χ4n) is 4.01. The molecule has 0 aromatic carbocycles. The monoisotopic (exact) mass is 434 g/mol. The molecule has 1 saturated heterocycles. The third-order valence-corrected chi connectivity index (χ3v) is 7.29. The topological polar surface area (TPSA) is 118 Å². The van der Waals surface area contributed by atoms with Crippen molar-refractivity contribution >= 4 is 32.4 Å². The molecule has 0 radical (unpaired) electrons. The lowest BCUT2D eigenvalue weighted by atomic mass is 10.2. The Morgan fingerprint density at radius 3 is 2.90 bits per heavy atom. The Morgan fingerprint density at radius 2 is 2.20 bits per heavy atom. The highest BCUT2D eigenvalue weighted by atomic mass is 32.2. The Bertz CT molecular complexity index is 1310. The average Bonchev–Trinajstić information content (AvgIpc) is 3.23. The first-order chi connectivity index (χ1) is 14.3. The summed E-state index contributed by atoms with van der Waals surface area (Å²) in [6.07, 6.45) is 2.82. The van der Waals surface area contributed by atoms with Crippen LogP contribution in [0.15, 0.2) is 29.2 Å². The van der Waals surface area contributed by atoms with Crippen molar-refractivity contribution in [2.45, 2.75) is 32.4 Å². The van der Waals surface area contributed by atoms with Crippen molar-refractivity contribution in [3.05, 3.63) is 46.0 Å². The number of aliphatic hydroxyl groups is 1. The van der Waals surface area contributed by atoms with E-state index in [0.29, 0.717) is 48.4 Å². The van der Waals surface area contributed by atoms with E-state index in [0.717, 1.165) is 5.56 Å². The number of nitrogens with one attached hydrogen (secondary N) is 2. The molecule has 3 aromatic rings. The smallest absolute Gasteiger partial charge is 0.398 e. The highest BCUT2D eigenvalue weighted by Crippen LogP contribution is 2.16. The number of H-pyrrole nitrogens is 1. The number of fused-ring (bicyclic) bond motifs is 2. The van der Waals surface area contributed by atoms with E-state index in [9.17, 15) is 18.3 Å². The molecule has 1 aliphatic heterocycles. The van der Waals surface area contributed by atoms with Crippen molar-refractivity contribution in [2.24, 2.45) is 0 Å². The number of ether oxygens (including phenoxy) is 1. The molecule has 10 heteroatoms. The molecule has 9 nitrogen and oxygen atoms in total. The van der Waals surface area contributed by atoms with Crippen LogP contribution >= 0.6 is 0 Å². The lowest BCUT2D eigenvalue weighted by molar-refractivity contribution is -0.503. The molecule has 0 amide bonds. The van der Waals surface area contributed by atoms with Crippen LogP contribution in [0.1, 0.15) is 24.1 Å². The maximum Gasteiger partial charge on any atom is 0.398 e. The van der Waals surface area contributed by atoms with Crippen LogP contribution in [0.4, 0.5) is 0 Å². The van der Waals surface area contributed by atoms with Crippen molar-refractivity contribution in [1.82, 2.24) is 8.97 Å². The molecule has 160 valence electrons. The van der Waals surface area contributed by atoms with Gasteiger partial charge in [-0.2, -0.15) is 4.40 Å². The van der Waals surface area contributed by atoms with Gasteiger partial charge in [-0.1, -0.05) is 0 Å². The summed E-state index contributed by atoms with van der Waals surface area (Å²) < 4.78 is 32.1. The Kier molecular flexibility index (Phi) is 5.37. The van der Waals surface area contributed by atoms with Crippen LogP contribution in [-0.4, -0.2) is 59.7 Å². The maximum absolute atomic E-state index is 13.1. The molecule has 1 atom stereocenters. The van der Waals surface area contributed by atoms with Crippen LogP contribution in [0.2, 0.25) is 0 Å². The van der Waals surface area contributed by atoms with Crippen LogP contribution < -0.4 is 15.5 Å². The van der Waals surface area contributed by atoms with Crippen molar-refractivity contribution in [3.63, 3.8) is 0 Å². The van der Waals surface area contributed by atoms with Crippen LogP contribution in [-0.2, 0) is 21.1 Å². The number of rotatable bonds is 6. The number of pyridine rings is 1. The van der Waals surface area contributed by atoms with Gasteiger partial charge in [0.15, 0.2) is 15.9 Å². The molecule has 0 spiro atoms. The highest BCUT2D eigenvalue weighted by Gasteiger charge is 2.34. The number of aryl methyl sites for hydroxylation is 2. The second kappa shape index (κ2) is 7.84. The van der Waals surface area contributed by atoms with Gasteiger partial charge in [-0.25, -0.2) is 27.8 Å². The van der Waals surface area contributed by atoms with E-state index < -0.39 is 9.84 Å². The SMILES string of the molecule is COCCCn1c(C(O)=[NH+][C@@H]2CCS(=O)(=O)C2)cc2c(=O)n3cccc(C)c3[nH+]c21. The van der Waals surface area contributed by atoms with Gasteiger partial charge in [0, 0.05) is 38.2 Å². The molecule has 0 bridgehead atoms. The minimum Gasteiger partial charge on any atom is -0.458 e. The Labute approximate surface area is 173 Å². The molecule has 0 unspecified atom stereocenters.